The molecule has 1 atom stereocenters. The maximum Gasteiger partial charge on any atom is 0.254 e. The summed E-state index contributed by atoms with van der Waals surface area (Å²) in [4.78, 5) is 19.9. The van der Waals surface area contributed by atoms with Gasteiger partial charge in [0.1, 0.15) is 16.7 Å². The van der Waals surface area contributed by atoms with Crippen LogP contribution in [0.2, 0.25) is 0 Å². The second-order valence-corrected chi connectivity index (χ2v) is 8.10. The number of carbonyl (C=O) groups is 1. The van der Waals surface area contributed by atoms with Crippen LogP contribution in [0.4, 0.5) is 10.2 Å². The van der Waals surface area contributed by atoms with E-state index in [-0.39, 0.29) is 24.4 Å². The van der Waals surface area contributed by atoms with Crippen LogP contribution in [0.1, 0.15) is 35.3 Å². The number of anilines is 1. The van der Waals surface area contributed by atoms with Crippen molar-refractivity contribution in [3.05, 3.63) is 52.8 Å². The molecule has 0 bridgehead atoms. The van der Waals surface area contributed by atoms with Gasteiger partial charge in [-0.2, -0.15) is 0 Å². The average Bonchev–Trinajstić information content (AvgIpc) is 2.66. The van der Waals surface area contributed by atoms with Crippen molar-refractivity contribution >= 4 is 23.5 Å². The van der Waals surface area contributed by atoms with Crippen LogP contribution < -0.4 is 10.2 Å². The molecule has 150 valence electrons. The van der Waals surface area contributed by atoms with Crippen LogP contribution >= 0.6 is 11.8 Å². The third-order valence-corrected chi connectivity index (χ3v) is 5.44. The molecule has 1 amide bonds. The van der Waals surface area contributed by atoms with Crippen molar-refractivity contribution in [1.82, 2.24) is 10.3 Å². The SMILES string of the molecule is CCSc1nc(N2CCO[C@H](C)C2)cc(C)c1C(=O)NCc1cccc(F)c1. The number of thioether (sulfide) groups is 1. The quantitative estimate of drug-likeness (QED) is 0.744. The first-order valence-corrected chi connectivity index (χ1v) is 10.5. The van der Waals surface area contributed by atoms with E-state index in [2.05, 4.69) is 17.1 Å². The van der Waals surface area contributed by atoms with E-state index in [4.69, 9.17) is 9.72 Å². The summed E-state index contributed by atoms with van der Waals surface area (Å²) in [6.07, 6.45) is 0.160. The third-order valence-electron chi connectivity index (χ3n) is 4.59. The van der Waals surface area contributed by atoms with E-state index in [1.54, 1.807) is 23.9 Å². The highest BCUT2D eigenvalue weighted by Gasteiger charge is 2.22. The first-order valence-electron chi connectivity index (χ1n) is 9.51. The summed E-state index contributed by atoms with van der Waals surface area (Å²) in [6.45, 7) is 8.55. The molecule has 0 unspecified atom stereocenters. The molecule has 1 N–H and O–H groups in total. The smallest absolute Gasteiger partial charge is 0.254 e. The molecule has 1 fully saturated rings. The van der Waals surface area contributed by atoms with Gasteiger partial charge in [0.05, 0.1) is 18.3 Å². The number of amides is 1. The Hall–Kier alpha value is -2.12. The minimum atomic E-state index is -0.309. The summed E-state index contributed by atoms with van der Waals surface area (Å²) >= 11 is 1.56. The van der Waals surface area contributed by atoms with Gasteiger partial charge in [-0.15, -0.1) is 11.8 Å². The van der Waals surface area contributed by atoms with E-state index in [9.17, 15) is 9.18 Å². The number of benzene rings is 1. The van der Waals surface area contributed by atoms with Gasteiger partial charge in [-0.1, -0.05) is 19.1 Å². The lowest BCUT2D eigenvalue weighted by atomic mass is 10.1. The number of carbonyl (C=O) groups excluding carboxylic acids is 1. The highest BCUT2D eigenvalue weighted by atomic mass is 32.2. The Kier molecular flexibility index (Phi) is 6.91. The molecule has 0 spiro atoms. The van der Waals surface area contributed by atoms with Crippen molar-refractivity contribution < 1.29 is 13.9 Å². The second-order valence-electron chi connectivity index (χ2n) is 6.85. The van der Waals surface area contributed by atoms with E-state index in [0.29, 0.717) is 12.2 Å². The number of aromatic nitrogens is 1. The van der Waals surface area contributed by atoms with E-state index in [1.807, 2.05) is 19.9 Å². The summed E-state index contributed by atoms with van der Waals surface area (Å²) in [5.74, 6) is 1.20. The van der Waals surface area contributed by atoms with E-state index in [1.165, 1.54) is 12.1 Å². The number of pyridine rings is 1. The van der Waals surface area contributed by atoms with Crippen molar-refractivity contribution in [2.24, 2.45) is 0 Å². The molecule has 1 aromatic carbocycles. The van der Waals surface area contributed by atoms with Gasteiger partial charge in [0.25, 0.3) is 5.91 Å². The molecule has 7 heteroatoms. The molecule has 1 aliphatic heterocycles. The highest BCUT2D eigenvalue weighted by molar-refractivity contribution is 7.99. The van der Waals surface area contributed by atoms with Crippen LogP contribution in [-0.2, 0) is 11.3 Å². The van der Waals surface area contributed by atoms with Crippen molar-refractivity contribution in [2.45, 2.75) is 38.4 Å². The molecule has 1 aromatic heterocycles. The van der Waals surface area contributed by atoms with Crippen LogP contribution in [-0.4, -0.2) is 42.4 Å². The number of hydrogen-bond acceptors (Lipinski definition) is 5. The van der Waals surface area contributed by atoms with Crippen molar-refractivity contribution in [1.29, 1.82) is 0 Å². The highest BCUT2D eigenvalue weighted by Crippen LogP contribution is 2.28. The minimum Gasteiger partial charge on any atom is -0.375 e. The summed E-state index contributed by atoms with van der Waals surface area (Å²) in [7, 11) is 0. The van der Waals surface area contributed by atoms with Crippen molar-refractivity contribution in [3.63, 3.8) is 0 Å². The molecule has 0 radical (unpaired) electrons. The molecule has 2 heterocycles. The van der Waals surface area contributed by atoms with Crippen LogP contribution in [0.15, 0.2) is 35.4 Å². The van der Waals surface area contributed by atoms with Crippen LogP contribution in [0.3, 0.4) is 0 Å². The summed E-state index contributed by atoms with van der Waals surface area (Å²) < 4.78 is 19.0. The topological polar surface area (TPSA) is 54.5 Å². The summed E-state index contributed by atoms with van der Waals surface area (Å²) in [6, 6.07) is 8.21. The Morgan fingerprint density at radius 2 is 2.25 bits per heavy atom. The predicted molar refractivity (Wildman–Crippen MR) is 111 cm³/mol. The van der Waals surface area contributed by atoms with Crippen molar-refractivity contribution in [3.8, 4) is 0 Å². The molecule has 3 rings (SSSR count). The molecular weight excluding hydrogens is 377 g/mol. The van der Waals surface area contributed by atoms with Crippen molar-refractivity contribution in [2.75, 3.05) is 30.3 Å². The van der Waals surface area contributed by atoms with E-state index in [0.717, 1.165) is 40.8 Å². The Balaban J connectivity index is 1.81. The van der Waals surface area contributed by atoms with Gasteiger partial charge < -0.3 is 15.0 Å². The number of morpholine rings is 1. The number of nitrogens with zero attached hydrogens (tertiary/aromatic N) is 2. The monoisotopic (exact) mass is 403 g/mol. The maximum absolute atomic E-state index is 13.4. The third kappa shape index (κ3) is 5.02. The molecular formula is C21H26FN3O2S. The zero-order valence-electron chi connectivity index (χ0n) is 16.5. The molecule has 0 saturated carbocycles. The number of rotatable bonds is 6. The second kappa shape index (κ2) is 9.39. The van der Waals surface area contributed by atoms with E-state index >= 15 is 0 Å². The van der Waals surface area contributed by atoms with Gasteiger partial charge in [-0.3, -0.25) is 4.79 Å². The average molecular weight is 404 g/mol. The molecule has 1 aliphatic rings. The lowest BCUT2D eigenvalue weighted by molar-refractivity contribution is 0.0529. The first kappa shape index (κ1) is 20.6. The zero-order chi connectivity index (χ0) is 20.1. The van der Waals surface area contributed by atoms with Gasteiger partial charge in [-0.25, -0.2) is 9.37 Å². The predicted octanol–water partition coefficient (Wildman–Crippen LogP) is 3.80. The van der Waals surface area contributed by atoms with Gasteiger partial charge in [-0.05, 0) is 48.9 Å². The Morgan fingerprint density at radius 3 is 2.96 bits per heavy atom. The van der Waals surface area contributed by atoms with Gasteiger partial charge in [0.2, 0.25) is 0 Å². The van der Waals surface area contributed by atoms with Crippen LogP contribution in [0.25, 0.3) is 0 Å². The van der Waals surface area contributed by atoms with E-state index < -0.39 is 0 Å². The van der Waals surface area contributed by atoms with Gasteiger partial charge in [0.15, 0.2) is 0 Å². The zero-order valence-corrected chi connectivity index (χ0v) is 17.3. The summed E-state index contributed by atoms with van der Waals surface area (Å²) in [5.41, 5.74) is 2.20. The maximum atomic E-state index is 13.4. The number of aryl methyl sites for hydroxylation is 1. The Morgan fingerprint density at radius 1 is 1.43 bits per heavy atom. The largest absolute Gasteiger partial charge is 0.375 e. The van der Waals surface area contributed by atoms with Crippen LogP contribution in [0, 0.1) is 12.7 Å². The lowest BCUT2D eigenvalue weighted by Crippen LogP contribution is -2.41. The fourth-order valence-electron chi connectivity index (χ4n) is 3.25. The molecule has 2 aromatic rings. The normalized spacial score (nSPS) is 16.9. The number of hydrogen-bond donors (Lipinski definition) is 1. The molecule has 1 saturated heterocycles. The fraction of sp³-hybridized carbons (Fsp3) is 0.429. The Labute approximate surface area is 169 Å². The van der Waals surface area contributed by atoms with Crippen LogP contribution in [0.5, 0.6) is 0 Å². The fourth-order valence-corrected chi connectivity index (χ4v) is 4.08. The number of halogens is 1. The minimum absolute atomic E-state index is 0.160. The van der Waals surface area contributed by atoms with Gasteiger partial charge in [0, 0.05) is 19.6 Å². The number of ether oxygens (including phenoxy) is 1. The standard InChI is InChI=1S/C21H26FN3O2S/c1-4-28-21-19(20(26)23-12-16-6-5-7-17(22)11-16)14(2)10-18(24-21)25-8-9-27-15(3)13-25/h5-7,10-11,15H,4,8-9,12-13H2,1-3H3,(H,23,26)/t15-/m1/s1. The van der Waals surface area contributed by atoms with Gasteiger partial charge >= 0.3 is 0 Å². The molecule has 28 heavy (non-hydrogen) atoms. The molecule has 0 aliphatic carbocycles. The first-order chi connectivity index (χ1) is 13.5. The Bertz CT molecular complexity index is 846. The number of nitrogens with one attached hydrogen (secondary N) is 1. The summed E-state index contributed by atoms with van der Waals surface area (Å²) in [5, 5.41) is 3.63. The lowest BCUT2D eigenvalue weighted by Gasteiger charge is -2.32. The molecule has 5 nitrogen and oxygen atoms in total.